The van der Waals surface area contributed by atoms with Crippen LogP contribution in [0, 0.1) is 3.57 Å². The van der Waals surface area contributed by atoms with Gasteiger partial charge in [-0.25, -0.2) is 4.98 Å². The van der Waals surface area contributed by atoms with Crippen molar-refractivity contribution in [2.45, 2.75) is 6.54 Å². The third kappa shape index (κ3) is 2.46. The molecule has 88 valence electrons. The molecule has 0 atom stereocenters. The third-order valence-electron chi connectivity index (χ3n) is 2.31. The topological polar surface area (TPSA) is 61.2 Å². The molecule has 0 aliphatic heterocycles. The van der Waals surface area contributed by atoms with Crippen molar-refractivity contribution in [3.8, 4) is 0 Å². The minimum absolute atomic E-state index is 0.121. The van der Waals surface area contributed by atoms with Gasteiger partial charge < -0.3 is 4.74 Å². The summed E-state index contributed by atoms with van der Waals surface area (Å²) in [7, 11) is 1.28. The van der Waals surface area contributed by atoms with Crippen LogP contribution < -0.4 is 5.56 Å². The van der Waals surface area contributed by atoms with E-state index < -0.39 is 5.97 Å². The number of aromatic nitrogens is 2. The van der Waals surface area contributed by atoms with Crippen LogP contribution in [0.1, 0.15) is 0 Å². The molecule has 5 nitrogen and oxygen atoms in total. The second-order valence-corrected chi connectivity index (χ2v) is 4.66. The molecule has 0 aliphatic carbocycles. The maximum atomic E-state index is 12.0. The van der Waals surface area contributed by atoms with E-state index >= 15 is 0 Å². The molecule has 17 heavy (non-hydrogen) atoms. The normalized spacial score (nSPS) is 10.5. The van der Waals surface area contributed by atoms with E-state index in [1.54, 1.807) is 12.1 Å². The fourth-order valence-corrected chi connectivity index (χ4v) is 1.94. The van der Waals surface area contributed by atoms with E-state index in [1.165, 1.54) is 18.0 Å². The standard InChI is InChI=1S/C11H9IN2O3/c1-17-10(15)5-14-6-13-9-3-2-7(12)4-8(9)11(14)16/h2-4,6H,5H2,1H3. The number of esters is 1. The molecule has 0 saturated heterocycles. The van der Waals surface area contributed by atoms with Gasteiger partial charge in [-0.3, -0.25) is 14.2 Å². The van der Waals surface area contributed by atoms with Gasteiger partial charge in [0.2, 0.25) is 0 Å². The molecule has 1 aromatic carbocycles. The Morgan fingerprint density at radius 3 is 3.00 bits per heavy atom. The summed E-state index contributed by atoms with van der Waals surface area (Å²) in [5.74, 6) is -0.473. The SMILES string of the molecule is COC(=O)Cn1cnc2ccc(I)cc2c1=O. The van der Waals surface area contributed by atoms with Crippen molar-refractivity contribution in [2.75, 3.05) is 7.11 Å². The zero-order valence-corrected chi connectivity index (χ0v) is 11.2. The fourth-order valence-electron chi connectivity index (χ4n) is 1.45. The molecule has 2 rings (SSSR count). The van der Waals surface area contributed by atoms with E-state index in [1.807, 2.05) is 6.07 Å². The summed E-state index contributed by atoms with van der Waals surface area (Å²) in [5.41, 5.74) is 0.385. The maximum Gasteiger partial charge on any atom is 0.325 e. The van der Waals surface area contributed by atoms with E-state index in [9.17, 15) is 9.59 Å². The van der Waals surface area contributed by atoms with E-state index in [-0.39, 0.29) is 12.1 Å². The number of methoxy groups -OCH3 is 1. The van der Waals surface area contributed by atoms with Gasteiger partial charge in [0.15, 0.2) is 0 Å². The monoisotopic (exact) mass is 344 g/mol. The lowest BCUT2D eigenvalue weighted by Gasteiger charge is -2.05. The lowest BCUT2D eigenvalue weighted by atomic mass is 10.2. The average Bonchev–Trinajstić information content (AvgIpc) is 2.33. The first-order valence-corrected chi connectivity index (χ1v) is 5.91. The summed E-state index contributed by atoms with van der Waals surface area (Å²) in [6, 6.07) is 5.40. The van der Waals surface area contributed by atoms with Crippen molar-refractivity contribution >= 4 is 39.5 Å². The zero-order valence-electron chi connectivity index (χ0n) is 9.01. The second-order valence-electron chi connectivity index (χ2n) is 3.42. The van der Waals surface area contributed by atoms with Crippen molar-refractivity contribution in [3.05, 3.63) is 38.5 Å². The number of hydrogen-bond acceptors (Lipinski definition) is 4. The number of hydrogen-bond donors (Lipinski definition) is 0. The van der Waals surface area contributed by atoms with Crippen LogP contribution in [0.4, 0.5) is 0 Å². The summed E-state index contributed by atoms with van der Waals surface area (Å²) >= 11 is 2.12. The van der Waals surface area contributed by atoms with Gasteiger partial charge in [0, 0.05) is 3.57 Å². The van der Waals surface area contributed by atoms with Crippen molar-refractivity contribution < 1.29 is 9.53 Å². The summed E-state index contributed by atoms with van der Waals surface area (Å²) in [6.07, 6.45) is 1.36. The average molecular weight is 344 g/mol. The molecule has 0 unspecified atom stereocenters. The molecule has 0 bridgehead atoms. The molecule has 2 aromatic rings. The maximum absolute atomic E-state index is 12.0. The fraction of sp³-hybridized carbons (Fsp3) is 0.182. The predicted octanol–water partition coefficient (Wildman–Crippen LogP) is 1.17. The Labute approximate surface area is 111 Å². The highest BCUT2D eigenvalue weighted by Gasteiger charge is 2.08. The van der Waals surface area contributed by atoms with Gasteiger partial charge in [-0.05, 0) is 40.8 Å². The number of nitrogens with zero attached hydrogens (tertiary/aromatic N) is 2. The largest absolute Gasteiger partial charge is 0.468 e. The van der Waals surface area contributed by atoms with Crippen LogP contribution >= 0.6 is 22.6 Å². The summed E-state index contributed by atoms with van der Waals surface area (Å²) < 4.78 is 6.71. The van der Waals surface area contributed by atoms with Crippen LogP contribution in [-0.4, -0.2) is 22.6 Å². The van der Waals surface area contributed by atoms with Crippen molar-refractivity contribution in [2.24, 2.45) is 0 Å². The van der Waals surface area contributed by atoms with Gasteiger partial charge in [-0.1, -0.05) is 0 Å². The molecule has 1 aromatic heterocycles. The number of halogens is 1. The Hall–Kier alpha value is -1.44. The van der Waals surface area contributed by atoms with Crippen molar-refractivity contribution in [1.29, 1.82) is 0 Å². The van der Waals surface area contributed by atoms with Gasteiger partial charge in [0.25, 0.3) is 5.56 Å². The molecule has 0 aliphatic rings. The number of ether oxygens (including phenoxy) is 1. The highest BCUT2D eigenvalue weighted by Crippen LogP contribution is 2.11. The molecule has 0 spiro atoms. The third-order valence-corrected chi connectivity index (χ3v) is 2.98. The molecule has 0 amide bonds. The quantitative estimate of drug-likeness (QED) is 0.606. The van der Waals surface area contributed by atoms with E-state index in [4.69, 9.17) is 0 Å². The summed E-state index contributed by atoms with van der Waals surface area (Å²) in [4.78, 5) is 27.3. The van der Waals surface area contributed by atoms with Crippen LogP contribution in [0.2, 0.25) is 0 Å². The first kappa shape index (κ1) is 12.0. The van der Waals surface area contributed by atoms with Gasteiger partial charge in [-0.2, -0.15) is 0 Å². The van der Waals surface area contributed by atoms with Crippen LogP contribution in [0.25, 0.3) is 10.9 Å². The Balaban J connectivity index is 2.57. The van der Waals surface area contributed by atoms with Gasteiger partial charge >= 0.3 is 5.97 Å². The molecule has 1 heterocycles. The molecular formula is C11H9IN2O3. The summed E-state index contributed by atoms with van der Waals surface area (Å²) in [5, 5.41) is 0.503. The molecule has 0 N–H and O–H groups in total. The number of fused-ring (bicyclic) bond motifs is 1. The molecule has 0 radical (unpaired) electrons. The summed E-state index contributed by atoms with van der Waals surface area (Å²) in [6.45, 7) is -0.121. The number of rotatable bonds is 2. The highest BCUT2D eigenvalue weighted by atomic mass is 127. The lowest BCUT2D eigenvalue weighted by molar-refractivity contribution is -0.141. The first-order valence-electron chi connectivity index (χ1n) is 4.83. The van der Waals surface area contributed by atoms with Crippen LogP contribution in [0.15, 0.2) is 29.3 Å². The Kier molecular flexibility index (Phi) is 3.41. The number of carbonyl (C=O) groups is 1. The Morgan fingerprint density at radius 1 is 1.53 bits per heavy atom. The minimum Gasteiger partial charge on any atom is -0.468 e. The van der Waals surface area contributed by atoms with Crippen LogP contribution in [0.5, 0.6) is 0 Å². The highest BCUT2D eigenvalue weighted by molar-refractivity contribution is 14.1. The number of benzene rings is 1. The second kappa shape index (κ2) is 4.82. The van der Waals surface area contributed by atoms with Crippen LogP contribution in [-0.2, 0) is 16.1 Å². The van der Waals surface area contributed by atoms with Gasteiger partial charge in [-0.15, -0.1) is 0 Å². The molecule has 6 heteroatoms. The predicted molar refractivity (Wildman–Crippen MR) is 70.7 cm³/mol. The van der Waals surface area contributed by atoms with Gasteiger partial charge in [0.1, 0.15) is 6.54 Å². The van der Waals surface area contributed by atoms with E-state index in [0.717, 1.165) is 3.57 Å². The molecular weight excluding hydrogens is 335 g/mol. The van der Waals surface area contributed by atoms with E-state index in [0.29, 0.717) is 10.9 Å². The molecule has 0 saturated carbocycles. The van der Waals surface area contributed by atoms with Crippen molar-refractivity contribution in [1.82, 2.24) is 9.55 Å². The smallest absolute Gasteiger partial charge is 0.325 e. The van der Waals surface area contributed by atoms with E-state index in [2.05, 4.69) is 32.3 Å². The number of carbonyl (C=O) groups excluding carboxylic acids is 1. The zero-order chi connectivity index (χ0) is 12.4. The lowest BCUT2D eigenvalue weighted by Crippen LogP contribution is -2.25. The first-order chi connectivity index (χ1) is 8.11. The van der Waals surface area contributed by atoms with Crippen LogP contribution in [0.3, 0.4) is 0 Å². The van der Waals surface area contributed by atoms with Gasteiger partial charge in [0.05, 0.1) is 24.3 Å². The van der Waals surface area contributed by atoms with Crippen molar-refractivity contribution in [3.63, 3.8) is 0 Å². The minimum atomic E-state index is -0.473. The Morgan fingerprint density at radius 2 is 2.29 bits per heavy atom. The Bertz CT molecular complexity index is 636. The molecule has 0 fully saturated rings.